The van der Waals surface area contributed by atoms with Crippen molar-refractivity contribution in [3.63, 3.8) is 0 Å². The van der Waals surface area contributed by atoms with Crippen molar-refractivity contribution < 1.29 is 14.3 Å². The lowest BCUT2D eigenvalue weighted by Gasteiger charge is -2.15. The van der Waals surface area contributed by atoms with Crippen LogP contribution in [0.15, 0.2) is 54.6 Å². The Hall–Kier alpha value is -3.34. The van der Waals surface area contributed by atoms with E-state index in [4.69, 9.17) is 4.74 Å². The summed E-state index contributed by atoms with van der Waals surface area (Å²) in [6.45, 7) is 2.56. The maximum Gasteiger partial charge on any atom is 0.258 e. The van der Waals surface area contributed by atoms with Gasteiger partial charge in [0.05, 0.1) is 12.8 Å². The Bertz CT molecular complexity index is 1040. The molecule has 130 valence electrons. The van der Waals surface area contributed by atoms with Gasteiger partial charge in [-0.25, -0.2) is 0 Å². The van der Waals surface area contributed by atoms with Crippen LogP contribution >= 0.6 is 0 Å². The second-order valence-corrected chi connectivity index (χ2v) is 6.10. The van der Waals surface area contributed by atoms with Crippen molar-refractivity contribution in [1.82, 2.24) is 0 Å². The number of carbonyl (C=O) groups is 2. The minimum Gasteiger partial charge on any atom is -0.497 e. The zero-order chi connectivity index (χ0) is 18.3. The molecule has 1 heterocycles. The van der Waals surface area contributed by atoms with Crippen LogP contribution in [0.3, 0.4) is 0 Å². The Labute approximate surface area is 151 Å². The zero-order valence-corrected chi connectivity index (χ0v) is 14.6. The third-order valence-corrected chi connectivity index (χ3v) is 4.68. The average molecular weight is 346 g/mol. The predicted molar refractivity (Wildman–Crippen MR) is 102 cm³/mol. The van der Waals surface area contributed by atoms with Gasteiger partial charge < -0.3 is 15.0 Å². The second-order valence-electron chi connectivity index (χ2n) is 6.10. The monoisotopic (exact) mass is 346 g/mol. The molecule has 0 aliphatic carbocycles. The zero-order valence-electron chi connectivity index (χ0n) is 14.6. The minimum absolute atomic E-state index is 0.00405. The van der Waals surface area contributed by atoms with Crippen molar-refractivity contribution in [3.8, 4) is 5.75 Å². The third kappa shape index (κ3) is 2.40. The lowest BCUT2D eigenvalue weighted by atomic mass is 10.0. The second kappa shape index (κ2) is 6.19. The summed E-state index contributed by atoms with van der Waals surface area (Å²) in [4.78, 5) is 27.0. The van der Waals surface area contributed by atoms with Gasteiger partial charge in [0.1, 0.15) is 5.75 Å². The van der Waals surface area contributed by atoms with Crippen LogP contribution in [0.2, 0.25) is 0 Å². The van der Waals surface area contributed by atoms with E-state index in [0.29, 0.717) is 29.1 Å². The molecular formula is C21H18N2O3. The average Bonchev–Trinajstić information content (AvgIpc) is 2.96. The van der Waals surface area contributed by atoms with Gasteiger partial charge in [-0.05, 0) is 43.3 Å². The van der Waals surface area contributed by atoms with Crippen molar-refractivity contribution in [2.45, 2.75) is 6.92 Å². The number of nitrogens with one attached hydrogen (secondary N) is 1. The van der Waals surface area contributed by atoms with E-state index in [-0.39, 0.29) is 11.8 Å². The first-order valence-corrected chi connectivity index (χ1v) is 8.47. The summed E-state index contributed by atoms with van der Waals surface area (Å²) in [5, 5.41) is 4.71. The molecule has 0 atom stereocenters. The molecule has 0 fully saturated rings. The van der Waals surface area contributed by atoms with Crippen molar-refractivity contribution in [2.24, 2.45) is 0 Å². The molecule has 26 heavy (non-hydrogen) atoms. The van der Waals surface area contributed by atoms with Gasteiger partial charge in [0, 0.05) is 34.1 Å². The highest BCUT2D eigenvalue weighted by molar-refractivity contribution is 6.27. The number of anilines is 2. The number of rotatable bonds is 4. The molecule has 5 heteroatoms. The van der Waals surface area contributed by atoms with Crippen molar-refractivity contribution in [1.29, 1.82) is 0 Å². The highest BCUT2D eigenvalue weighted by Gasteiger charge is 2.29. The lowest BCUT2D eigenvalue weighted by Crippen LogP contribution is -2.25. The van der Waals surface area contributed by atoms with E-state index in [1.807, 2.05) is 37.3 Å². The number of nitrogens with zero attached hydrogens (tertiary/aromatic N) is 1. The number of hydrogen-bond donors (Lipinski definition) is 1. The molecular weight excluding hydrogens is 328 g/mol. The topological polar surface area (TPSA) is 58.6 Å². The first-order chi connectivity index (χ1) is 12.6. The van der Waals surface area contributed by atoms with Crippen LogP contribution in [-0.4, -0.2) is 25.5 Å². The molecule has 3 aromatic rings. The van der Waals surface area contributed by atoms with Gasteiger partial charge in [0.25, 0.3) is 11.8 Å². The molecule has 0 aromatic heterocycles. The molecule has 5 nitrogen and oxygen atoms in total. The fourth-order valence-electron chi connectivity index (χ4n) is 3.43. The number of methoxy groups -OCH3 is 1. The SMILES string of the molecule is CCN1C(=O)c2cccc3c(NC(=O)c4cccc(OC)c4)ccc1c23. The summed E-state index contributed by atoms with van der Waals surface area (Å²) in [7, 11) is 1.57. The van der Waals surface area contributed by atoms with E-state index < -0.39 is 0 Å². The molecule has 0 saturated carbocycles. The molecule has 0 spiro atoms. The van der Waals surface area contributed by atoms with E-state index in [1.54, 1.807) is 36.3 Å². The van der Waals surface area contributed by atoms with Crippen LogP contribution in [0.1, 0.15) is 27.6 Å². The maximum atomic E-state index is 12.7. The summed E-state index contributed by atoms with van der Waals surface area (Å²) in [5.74, 6) is 0.410. The van der Waals surface area contributed by atoms with Gasteiger partial charge in [-0.3, -0.25) is 9.59 Å². The van der Waals surface area contributed by atoms with Gasteiger partial charge in [-0.15, -0.1) is 0 Å². The standard InChI is InChI=1S/C21H18N2O3/c1-3-23-18-11-10-17(15-8-5-9-16(19(15)18)21(23)25)22-20(24)13-6-4-7-14(12-13)26-2/h4-12H,3H2,1-2H3,(H,22,24). The Morgan fingerprint density at radius 1 is 1.12 bits per heavy atom. The number of benzene rings is 3. The van der Waals surface area contributed by atoms with Gasteiger partial charge >= 0.3 is 0 Å². The van der Waals surface area contributed by atoms with E-state index >= 15 is 0 Å². The van der Waals surface area contributed by atoms with Crippen LogP contribution in [0.5, 0.6) is 5.75 Å². The van der Waals surface area contributed by atoms with Crippen LogP contribution in [-0.2, 0) is 0 Å². The fraction of sp³-hybridized carbons (Fsp3) is 0.143. The van der Waals surface area contributed by atoms with Gasteiger partial charge in [-0.2, -0.15) is 0 Å². The molecule has 0 saturated heterocycles. The number of amides is 2. The van der Waals surface area contributed by atoms with E-state index in [9.17, 15) is 9.59 Å². The van der Waals surface area contributed by atoms with E-state index in [2.05, 4.69) is 5.32 Å². The molecule has 0 bridgehead atoms. The number of hydrogen-bond acceptors (Lipinski definition) is 3. The third-order valence-electron chi connectivity index (χ3n) is 4.68. The Balaban J connectivity index is 1.76. The van der Waals surface area contributed by atoms with E-state index in [0.717, 1.165) is 16.5 Å². The smallest absolute Gasteiger partial charge is 0.258 e. The molecule has 0 radical (unpaired) electrons. The van der Waals surface area contributed by atoms with E-state index in [1.165, 1.54) is 0 Å². The summed E-state index contributed by atoms with van der Waals surface area (Å²) in [5.41, 5.74) is 2.77. The Morgan fingerprint density at radius 3 is 2.69 bits per heavy atom. The Kier molecular flexibility index (Phi) is 3.84. The van der Waals surface area contributed by atoms with Crippen LogP contribution in [0.25, 0.3) is 10.8 Å². The normalized spacial score (nSPS) is 12.5. The quantitative estimate of drug-likeness (QED) is 0.774. The molecule has 3 aromatic carbocycles. The maximum absolute atomic E-state index is 12.7. The van der Waals surface area contributed by atoms with Crippen LogP contribution in [0, 0.1) is 0 Å². The summed E-state index contributed by atoms with van der Waals surface area (Å²) in [6, 6.07) is 16.3. The summed E-state index contributed by atoms with van der Waals surface area (Å²) in [6.07, 6.45) is 0. The van der Waals surface area contributed by atoms with Gasteiger partial charge in [0.15, 0.2) is 0 Å². The molecule has 0 unspecified atom stereocenters. The summed E-state index contributed by atoms with van der Waals surface area (Å²) < 4.78 is 5.18. The number of carbonyl (C=O) groups excluding carboxylic acids is 2. The first-order valence-electron chi connectivity index (χ1n) is 8.47. The molecule has 4 rings (SSSR count). The van der Waals surface area contributed by atoms with Crippen LogP contribution in [0.4, 0.5) is 11.4 Å². The number of ether oxygens (including phenoxy) is 1. The molecule has 2 amide bonds. The first kappa shape index (κ1) is 16.1. The highest BCUT2D eigenvalue weighted by Crippen LogP contribution is 2.40. The Morgan fingerprint density at radius 2 is 1.92 bits per heavy atom. The fourth-order valence-corrected chi connectivity index (χ4v) is 3.43. The molecule has 1 N–H and O–H groups in total. The van der Waals surface area contributed by atoms with Gasteiger partial charge in [0.2, 0.25) is 0 Å². The lowest BCUT2D eigenvalue weighted by molar-refractivity contribution is 0.0992. The van der Waals surface area contributed by atoms with Crippen LogP contribution < -0.4 is 15.0 Å². The van der Waals surface area contributed by atoms with Crippen molar-refractivity contribution in [2.75, 3.05) is 23.9 Å². The van der Waals surface area contributed by atoms with Gasteiger partial charge in [-0.1, -0.05) is 18.2 Å². The van der Waals surface area contributed by atoms with Crippen molar-refractivity contribution >= 4 is 34.0 Å². The molecule has 1 aliphatic heterocycles. The largest absolute Gasteiger partial charge is 0.497 e. The summed E-state index contributed by atoms with van der Waals surface area (Å²) >= 11 is 0. The predicted octanol–water partition coefficient (Wildman–Crippen LogP) is 4.08. The van der Waals surface area contributed by atoms with Crippen molar-refractivity contribution in [3.05, 3.63) is 65.7 Å². The molecule has 1 aliphatic rings. The highest BCUT2D eigenvalue weighted by atomic mass is 16.5. The minimum atomic E-state index is -0.221.